The molecule has 0 radical (unpaired) electrons. The molecule has 4 heterocycles. The number of anilines is 2. The number of ether oxygens (including phenoxy) is 2. The Bertz CT molecular complexity index is 1500. The molecule has 0 amide bonds. The van der Waals surface area contributed by atoms with Gasteiger partial charge in [-0.3, -0.25) is 0 Å². The van der Waals surface area contributed by atoms with Crippen molar-refractivity contribution >= 4 is 21.7 Å². The molecular formula is C28H34N6O4S. The van der Waals surface area contributed by atoms with Gasteiger partial charge in [0.15, 0.2) is 0 Å². The highest BCUT2D eigenvalue weighted by Crippen LogP contribution is 2.39. The third-order valence-corrected chi connectivity index (χ3v) is 9.78. The Morgan fingerprint density at radius 2 is 1.82 bits per heavy atom. The first-order valence-corrected chi connectivity index (χ1v) is 14.8. The molecule has 1 aliphatic carbocycles. The maximum Gasteiger partial charge on any atom is 0.246 e. The number of nitrogen functional groups attached to an aromatic ring is 1. The molecule has 3 aliphatic rings. The van der Waals surface area contributed by atoms with E-state index in [0.717, 1.165) is 47.7 Å². The number of rotatable bonds is 4. The number of aromatic nitrogens is 3. The summed E-state index contributed by atoms with van der Waals surface area (Å²) in [5.41, 5.74) is 11.2. The second-order valence-corrected chi connectivity index (χ2v) is 13.1. The minimum atomic E-state index is -3.79. The molecule has 2 aromatic heterocycles. The van der Waals surface area contributed by atoms with E-state index in [1.54, 1.807) is 18.6 Å². The Balaban J connectivity index is 1.33. The van der Waals surface area contributed by atoms with Gasteiger partial charge < -0.3 is 20.1 Å². The van der Waals surface area contributed by atoms with E-state index in [1.807, 2.05) is 18.2 Å². The van der Waals surface area contributed by atoms with Crippen LogP contribution in [0.5, 0.6) is 5.75 Å². The molecule has 206 valence electrons. The summed E-state index contributed by atoms with van der Waals surface area (Å²) in [6.45, 7) is 7.78. The van der Waals surface area contributed by atoms with Crippen LogP contribution in [-0.2, 0) is 34.1 Å². The van der Waals surface area contributed by atoms with Crippen molar-refractivity contribution in [3.05, 3.63) is 53.6 Å². The van der Waals surface area contributed by atoms with Gasteiger partial charge in [0.2, 0.25) is 10.0 Å². The minimum absolute atomic E-state index is 0.00836. The highest BCUT2D eigenvalue weighted by Gasteiger charge is 2.31. The van der Waals surface area contributed by atoms with Gasteiger partial charge in [0.05, 0.1) is 19.8 Å². The van der Waals surface area contributed by atoms with E-state index >= 15 is 0 Å². The Hall–Kier alpha value is -3.28. The molecule has 0 bridgehead atoms. The molecule has 2 aliphatic heterocycles. The van der Waals surface area contributed by atoms with E-state index in [0.29, 0.717) is 51.6 Å². The fraction of sp³-hybridized carbons (Fsp3) is 0.464. The molecule has 6 rings (SSSR count). The summed E-state index contributed by atoms with van der Waals surface area (Å²) in [5.74, 6) is 1.78. The van der Waals surface area contributed by atoms with Gasteiger partial charge >= 0.3 is 0 Å². The van der Waals surface area contributed by atoms with Crippen LogP contribution in [0.15, 0.2) is 41.7 Å². The van der Waals surface area contributed by atoms with Crippen molar-refractivity contribution < 1.29 is 17.9 Å². The molecule has 3 aromatic rings. The molecule has 1 saturated heterocycles. The minimum Gasteiger partial charge on any atom is -0.491 e. The summed E-state index contributed by atoms with van der Waals surface area (Å²) in [4.78, 5) is 15.9. The molecule has 1 aromatic carbocycles. The van der Waals surface area contributed by atoms with Crippen LogP contribution in [0.4, 0.5) is 11.6 Å². The number of benzene rings is 1. The van der Waals surface area contributed by atoms with Gasteiger partial charge in [-0.1, -0.05) is 19.9 Å². The van der Waals surface area contributed by atoms with Crippen molar-refractivity contribution in [2.24, 2.45) is 5.41 Å². The SMILES string of the molecule is CC1(C)CCc2ncnc(N3CCOc4ccc(-c5cnc(N)c(S(=O)(=O)N6CCOCC6)c5)cc4C3)c2C1. The third-order valence-electron chi connectivity index (χ3n) is 7.85. The second-order valence-electron chi connectivity index (χ2n) is 11.2. The fourth-order valence-corrected chi connectivity index (χ4v) is 7.13. The van der Waals surface area contributed by atoms with Crippen LogP contribution in [-0.4, -0.2) is 67.1 Å². The molecule has 2 N–H and O–H groups in total. The number of nitrogens with two attached hydrogens (primary N) is 1. The zero-order chi connectivity index (χ0) is 27.2. The molecule has 0 atom stereocenters. The van der Waals surface area contributed by atoms with Gasteiger partial charge in [-0.25, -0.2) is 23.4 Å². The number of morpholine rings is 1. The fourth-order valence-electron chi connectivity index (χ4n) is 5.63. The normalized spacial score (nSPS) is 19.5. The van der Waals surface area contributed by atoms with E-state index in [9.17, 15) is 8.42 Å². The smallest absolute Gasteiger partial charge is 0.246 e. The van der Waals surface area contributed by atoms with Crippen molar-refractivity contribution in [1.29, 1.82) is 0 Å². The molecule has 10 nitrogen and oxygen atoms in total. The summed E-state index contributed by atoms with van der Waals surface area (Å²) in [5, 5.41) is 0. The highest BCUT2D eigenvalue weighted by molar-refractivity contribution is 7.89. The van der Waals surface area contributed by atoms with Gasteiger partial charge in [0.25, 0.3) is 0 Å². The number of hydrogen-bond donors (Lipinski definition) is 1. The van der Waals surface area contributed by atoms with Gasteiger partial charge in [-0.2, -0.15) is 4.31 Å². The standard InChI is InChI=1S/C28H34N6O4S/c1-28(2)6-5-23-22(15-28)27(32-18-31-23)33-7-12-38-24-4-3-19(13-21(24)17-33)20-14-25(26(29)30-16-20)39(35,36)34-8-10-37-11-9-34/h3-4,13-14,16,18H,5-12,15,17H2,1-2H3,(H2,29,30). The lowest BCUT2D eigenvalue weighted by molar-refractivity contribution is 0.0730. The first kappa shape index (κ1) is 26.0. The topological polar surface area (TPSA) is 124 Å². The third kappa shape index (κ3) is 5.06. The van der Waals surface area contributed by atoms with E-state index in [-0.39, 0.29) is 16.1 Å². The summed E-state index contributed by atoms with van der Waals surface area (Å²) in [6.07, 6.45) is 6.31. The number of hydrogen-bond acceptors (Lipinski definition) is 9. The van der Waals surface area contributed by atoms with E-state index < -0.39 is 10.0 Å². The van der Waals surface area contributed by atoms with Crippen LogP contribution < -0.4 is 15.4 Å². The number of fused-ring (bicyclic) bond motifs is 2. The number of aryl methyl sites for hydroxylation is 1. The molecule has 0 spiro atoms. The van der Waals surface area contributed by atoms with Crippen molar-refractivity contribution in [3.8, 4) is 16.9 Å². The summed E-state index contributed by atoms with van der Waals surface area (Å²) < 4.78 is 39.5. The lowest BCUT2D eigenvalue weighted by atomic mass is 9.76. The zero-order valence-corrected chi connectivity index (χ0v) is 23.2. The lowest BCUT2D eigenvalue weighted by Gasteiger charge is -2.33. The van der Waals surface area contributed by atoms with Crippen molar-refractivity contribution in [2.45, 2.75) is 44.6 Å². The lowest BCUT2D eigenvalue weighted by Crippen LogP contribution is -2.40. The number of pyridine rings is 1. The van der Waals surface area contributed by atoms with Crippen molar-refractivity contribution in [2.75, 3.05) is 50.1 Å². The molecule has 0 saturated carbocycles. The summed E-state index contributed by atoms with van der Waals surface area (Å²) >= 11 is 0. The maximum atomic E-state index is 13.3. The van der Waals surface area contributed by atoms with Crippen LogP contribution in [0.2, 0.25) is 0 Å². The van der Waals surface area contributed by atoms with Gasteiger partial charge in [0, 0.05) is 48.2 Å². The zero-order valence-electron chi connectivity index (χ0n) is 22.4. The van der Waals surface area contributed by atoms with Gasteiger partial charge in [0.1, 0.15) is 35.2 Å². The van der Waals surface area contributed by atoms with Crippen LogP contribution in [0.1, 0.15) is 37.1 Å². The summed E-state index contributed by atoms with van der Waals surface area (Å²) in [7, 11) is -3.79. The number of nitrogens with zero attached hydrogens (tertiary/aromatic N) is 5. The number of sulfonamides is 1. The molecular weight excluding hydrogens is 516 g/mol. The van der Waals surface area contributed by atoms with Crippen LogP contribution >= 0.6 is 0 Å². The van der Waals surface area contributed by atoms with Gasteiger partial charge in [-0.05, 0) is 48.4 Å². The van der Waals surface area contributed by atoms with Crippen molar-refractivity contribution in [3.63, 3.8) is 0 Å². The van der Waals surface area contributed by atoms with Crippen LogP contribution in [0.25, 0.3) is 11.1 Å². The van der Waals surface area contributed by atoms with E-state index in [1.165, 1.54) is 9.87 Å². The Labute approximate surface area is 229 Å². The predicted molar refractivity (Wildman–Crippen MR) is 148 cm³/mol. The highest BCUT2D eigenvalue weighted by atomic mass is 32.2. The van der Waals surface area contributed by atoms with E-state index in [2.05, 4.69) is 28.7 Å². The predicted octanol–water partition coefficient (Wildman–Crippen LogP) is 3.06. The van der Waals surface area contributed by atoms with Crippen LogP contribution in [0.3, 0.4) is 0 Å². The maximum absolute atomic E-state index is 13.3. The average molecular weight is 551 g/mol. The second kappa shape index (κ2) is 10.0. The Morgan fingerprint density at radius 3 is 2.64 bits per heavy atom. The Kier molecular flexibility index (Phi) is 6.68. The largest absolute Gasteiger partial charge is 0.491 e. The average Bonchev–Trinajstić information content (AvgIpc) is 3.15. The van der Waals surface area contributed by atoms with Gasteiger partial charge in [-0.15, -0.1) is 0 Å². The Morgan fingerprint density at radius 1 is 1.00 bits per heavy atom. The monoisotopic (exact) mass is 550 g/mol. The first-order valence-electron chi connectivity index (χ1n) is 13.4. The quantitative estimate of drug-likeness (QED) is 0.522. The van der Waals surface area contributed by atoms with Crippen LogP contribution in [0, 0.1) is 5.41 Å². The molecule has 11 heteroatoms. The molecule has 39 heavy (non-hydrogen) atoms. The molecule has 1 fully saturated rings. The first-order chi connectivity index (χ1) is 18.7. The van der Waals surface area contributed by atoms with Crippen molar-refractivity contribution in [1.82, 2.24) is 19.3 Å². The summed E-state index contributed by atoms with van der Waals surface area (Å²) in [6, 6.07) is 7.54. The molecule has 0 unspecified atom stereocenters. The van der Waals surface area contributed by atoms with E-state index in [4.69, 9.17) is 20.2 Å².